The Morgan fingerprint density at radius 3 is 2.18 bits per heavy atom. The van der Waals surface area contributed by atoms with E-state index < -0.39 is 17.3 Å². The van der Waals surface area contributed by atoms with Crippen molar-refractivity contribution in [1.29, 1.82) is 0 Å². The summed E-state index contributed by atoms with van der Waals surface area (Å²) in [5.41, 5.74) is -2.90. The van der Waals surface area contributed by atoms with E-state index in [1.165, 1.54) is 0 Å². The number of aryl methyl sites for hydroxylation is 1. The van der Waals surface area contributed by atoms with Crippen molar-refractivity contribution in [3.8, 4) is 0 Å². The molecular formula is C13H8Cl3F3N2S. The van der Waals surface area contributed by atoms with Gasteiger partial charge in [-0.3, -0.25) is 0 Å². The molecule has 0 spiro atoms. The lowest BCUT2D eigenvalue weighted by molar-refractivity contribution is -0.0328. The molecular weight excluding hydrogens is 380 g/mol. The highest BCUT2D eigenvalue weighted by atomic mass is 35.5. The van der Waals surface area contributed by atoms with Gasteiger partial charge < -0.3 is 5.32 Å². The molecule has 2 rings (SSSR count). The first kappa shape index (κ1) is 17.5. The zero-order valence-corrected chi connectivity index (χ0v) is 14.0. The molecule has 1 aromatic carbocycles. The van der Waals surface area contributed by atoms with Crippen molar-refractivity contribution in [2.75, 3.05) is 5.32 Å². The van der Waals surface area contributed by atoms with Gasteiger partial charge in [-0.25, -0.2) is 4.98 Å². The summed E-state index contributed by atoms with van der Waals surface area (Å²) in [7, 11) is 0. The number of nitrogens with one attached hydrogen (secondary N) is 1. The van der Waals surface area contributed by atoms with Gasteiger partial charge in [0.1, 0.15) is 0 Å². The number of thioether (sulfide) groups is 1. The fourth-order valence-corrected chi connectivity index (χ4v) is 3.00. The molecule has 0 radical (unpaired) electrons. The molecule has 2 aromatic rings. The number of benzene rings is 1. The fourth-order valence-electron chi connectivity index (χ4n) is 1.56. The van der Waals surface area contributed by atoms with Crippen molar-refractivity contribution in [3.05, 3.63) is 45.0 Å². The molecule has 2 nitrogen and oxygen atoms in total. The van der Waals surface area contributed by atoms with Crippen molar-refractivity contribution < 1.29 is 13.2 Å². The molecule has 0 amide bonds. The number of aromatic nitrogens is 1. The zero-order valence-electron chi connectivity index (χ0n) is 10.9. The summed E-state index contributed by atoms with van der Waals surface area (Å²) in [5.74, 6) is 0.00618. The van der Waals surface area contributed by atoms with E-state index in [0.717, 1.165) is 5.56 Å². The molecule has 1 aromatic heterocycles. The van der Waals surface area contributed by atoms with Crippen LogP contribution in [0.3, 0.4) is 0 Å². The molecule has 0 aliphatic rings. The third-order valence-corrected chi connectivity index (χ3v) is 4.70. The number of hydrogen-bond donors (Lipinski definition) is 1. The minimum Gasteiger partial charge on any atom is -0.339 e. The van der Waals surface area contributed by atoms with Gasteiger partial charge in [0, 0.05) is 5.69 Å². The summed E-state index contributed by atoms with van der Waals surface area (Å²) in [5, 5.41) is 2.00. The summed E-state index contributed by atoms with van der Waals surface area (Å²) in [4.78, 5) is 3.51. The van der Waals surface area contributed by atoms with Gasteiger partial charge in [0.25, 0.3) is 0 Å². The van der Waals surface area contributed by atoms with E-state index in [4.69, 9.17) is 34.8 Å². The quantitative estimate of drug-likeness (QED) is 0.468. The number of alkyl halides is 3. The van der Waals surface area contributed by atoms with Gasteiger partial charge in [-0.15, -0.1) is 0 Å². The van der Waals surface area contributed by atoms with Gasteiger partial charge >= 0.3 is 5.51 Å². The van der Waals surface area contributed by atoms with Crippen LogP contribution < -0.4 is 5.32 Å². The molecule has 0 saturated carbocycles. The lowest BCUT2D eigenvalue weighted by Crippen LogP contribution is -2.03. The van der Waals surface area contributed by atoms with Gasteiger partial charge in [0.05, 0.1) is 14.9 Å². The third-order valence-electron chi connectivity index (χ3n) is 2.53. The van der Waals surface area contributed by atoms with Crippen LogP contribution in [-0.4, -0.2) is 10.5 Å². The van der Waals surface area contributed by atoms with Crippen LogP contribution in [0.5, 0.6) is 0 Å². The maximum Gasteiger partial charge on any atom is 0.446 e. The van der Waals surface area contributed by atoms with Crippen LogP contribution in [0.1, 0.15) is 5.56 Å². The number of nitrogens with zero attached hydrogens (tertiary/aromatic N) is 1. The van der Waals surface area contributed by atoms with Gasteiger partial charge in [-0.05, 0) is 30.8 Å². The van der Waals surface area contributed by atoms with E-state index in [9.17, 15) is 13.2 Å². The van der Waals surface area contributed by atoms with E-state index in [-0.39, 0.29) is 25.9 Å². The van der Waals surface area contributed by atoms with Crippen LogP contribution in [0.4, 0.5) is 24.7 Å². The lowest BCUT2D eigenvalue weighted by atomic mass is 10.2. The van der Waals surface area contributed by atoms with Crippen LogP contribution in [0.25, 0.3) is 0 Å². The maximum atomic E-state index is 12.6. The average Bonchev–Trinajstić information content (AvgIpc) is 2.42. The van der Waals surface area contributed by atoms with Crippen molar-refractivity contribution in [2.24, 2.45) is 0 Å². The monoisotopic (exact) mass is 386 g/mol. The second kappa shape index (κ2) is 6.74. The summed E-state index contributed by atoms with van der Waals surface area (Å²) < 4.78 is 37.8. The van der Waals surface area contributed by atoms with Crippen molar-refractivity contribution in [3.63, 3.8) is 0 Å². The SMILES string of the molecule is Cc1ccc(Nc2nc(Cl)c(Cl)c(SC(F)(F)F)c2Cl)cc1. The van der Waals surface area contributed by atoms with E-state index in [2.05, 4.69) is 10.3 Å². The van der Waals surface area contributed by atoms with Gasteiger partial charge in [0.15, 0.2) is 11.0 Å². The lowest BCUT2D eigenvalue weighted by Gasteiger charge is -2.14. The molecule has 1 heterocycles. The maximum absolute atomic E-state index is 12.6. The predicted molar refractivity (Wildman–Crippen MR) is 85.6 cm³/mol. The van der Waals surface area contributed by atoms with Gasteiger partial charge in [-0.1, -0.05) is 52.5 Å². The van der Waals surface area contributed by atoms with Crippen LogP contribution in [-0.2, 0) is 0 Å². The molecule has 1 N–H and O–H groups in total. The van der Waals surface area contributed by atoms with Crippen LogP contribution >= 0.6 is 46.6 Å². The van der Waals surface area contributed by atoms with E-state index in [0.29, 0.717) is 5.69 Å². The normalized spacial score (nSPS) is 11.6. The Kier molecular flexibility index (Phi) is 5.37. The molecule has 22 heavy (non-hydrogen) atoms. The smallest absolute Gasteiger partial charge is 0.339 e. The highest BCUT2D eigenvalue weighted by molar-refractivity contribution is 8.00. The van der Waals surface area contributed by atoms with Crippen molar-refractivity contribution in [1.82, 2.24) is 4.98 Å². The number of halogens is 6. The highest BCUT2D eigenvalue weighted by Crippen LogP contribution is 2.47. The van der Waals surface area contributed by atoms with Crippen LogP contribution in [0, 0.1) is 6.92 Å². The summed E-state index contributed by atoms with van der Waals surface area (Å²) >= 11 is 17.1. The van der Waals surface area contributed by atoms with Gasteiger partial charge in [0.2, 0.25) is 0 Å². The molecule has 0 atom stereocenters. The predicted octanol–water partition coefficient (Wildman–Crippen LogP) is 6.71. The second-order valence-electron chi connectivity index (χ2n) is 4.25. The summed E-state index contributed by atoms with van der Waals surface area (Å²) in [6, 6.07) is 7.15. The Hall–Kier alpha value is -0.820. The molecule has 9 heteroatoms. The number of hydrogen-bond acceptors (Lipinski definition) is 3. The zero-order chi connectivity index (χ0) is 16.5. The largest absolute Gasteiger partial charge is 0.446 e. The number of pyridine rings is 1. The molecule has 0 fully saturated rings. The molecule has 0 saturated heterocycles. The fraction of sp³-hybridized carbons (Fsp3) is 0.154. The molecule has 0 unspecified atom stereocenters. The van der Waals surface area contributed by atoms with E-state index >= 15 is 0 Å². The van der Waals surface area contributed by atoms with Gasteiger partial charge in [-0.2, -0.15) is 13.2 Å². The topological polar surface area (TPSA) is 24.9 Å². The third kappa shape index (κ3) is 4.35. The van der Waals surface area contributed by atoms with E-state index in [1.54, 1.807) is 12.1 Å². The highest BCUT2D eigenvalue weighted by Gasteiger charge is 2.33. The summed E-state index contributed by atoms with van der Waals surface area (Å²) in [6.45, 7) is 1.91. The molecule has 0 aliphatic heterocycles. The Labute approximate surface area is 144 Å². The van der Waals surface area contributed by atoms with Crippen LogP contribution in [0.15, 0.2) is 29.2 Å². The number of anilines is 2. The molecule has 0 bridgehead atoms. The standard InChI is InChI=1S/C13H8Cl3F3N2S/c1-6-2-4-7(5-3-6)20-12-9(15)10(22-13(17,18)19)8(14)11(16)21-12/h2-5H,1H3,(H,20,21). The van der Waals surface area contributed by atoms with Crippen molar-refractivity contribution in [2.45, 2.75) is 17.3 Å². The van der Waals surface area contributed by atoms with Crippen LogP contribution in [0.2, 0.25) is 15.2 Å². The Morgan fingerprint density at radius 1 is 1.05 bits per heavy atom. The summed E-state index contributed by atoms with van der Waals surface area (Å²) in [6.07, 6.45) is 0. The Balaban J connectivity index is 2.42. The van der Waals surface area contributed by atoms with Crippen molar-refractivity contribution >= 4 is 58.1 Å². The first-order valence-electron chi connectivity index (χ1n) is 5.81. The second-order valence-corrected chi connectivity index (χ2v) is 6.44. The molecule has 0 aliphatic carbocycles. The minimum atomic E-state index is -4.54. The average molecular weight is 388 g/mol. The number of rotatable bonds is 3. The first-order valence-corrected chi connectivity index (χ1v) is 7.76. The Morgan fingerprint density at radius 2 is 1.64 bits per heavy atom. The van der Waals surface area contributed by atoms with E-state index in [1.807, 2.05) is 19.1 Å². The molecule has 118 valence electrons. The minimum absolute atomic E-state index is 0.00618. The Bertz CT molecular complexity index is 690. The first-order chi connectivity index (χ1) is 10.2.